The first kappa shape index (κ1) is 27.6. The molecular weight excluding hydrogens is 487 g/mol. The molecule has 2 fully saturated rings. The van der Waals surface area contributed by atoms with Crippen LogP contribution >= 0.6 is 0 Å². The molecule has 4 rings (SSSR count). The van der Waals surface area contributed by atoms with E-state index in [1.54, 1.807) is 33.3 Å². The second-order valence-electron chi connectivity index (χ2n) is 9.32. The molecule has 0 amide bonds. The topological polar surface area (TPSA) is 142 Å². The Labute approximate surface area is 222 Å². The molecule has 10 nitrogen and oxygen atoms in total. The standard InChI is InChI=1S/C27H35FN8O2/c1-30-23(21-15(12-29)5-4-6-18(21)28)16-11-17(26(37)19-13-33-7-9-35-19)24(31-2)25(32-3)22(16)27(38)20-14-34-8-10-36-20/h4-6,11,19-20,23,30-36H,7-10,13-14H2,1-3H3. The maximum absolute atomic E-state index is 15.3. The highest BCUT2D eigenvalue weighted by atomic mass is 19.1. The van der Waals surface area contributed by atoms with Crippen LogP contribution in [0.2, 0.25) is 0 Å². The molecule has 2 aliphatic rings. The molecule has 2 aromatic rings. The molecule has 11 heteroatoms. The first-order valence-corrected chi connectivity index (χ1v) is 12.9. The molecule has 2 saturated heterocycles. The SMILES string of the molecule is CNc1c(C(=O)C2CNCCN2)cc(C(NC)c2c(F)cccc2C#N)c(C(=O)C2CNCCN2)c1NC. The maximum Gasteiger partial charge on any atom is 0.183 e. The highest BCUT2D eigenvalue weighted by Gasteiger charge is 2.35. The molecule has 0 saturated carbocycles. The maximum atomic E-state index is 15.3. The minimum absolute atomic E-state index is 0.122. The zero-order valence-electron chi connectivity index (χ0n) is 21.9. The van der Waals surface area contributed by atoms with E-state index in [4.69, 9.17) is 0 Å². The molecule has 2 heterocycles. The van der Waals surface area contributed by atoms with Crippen molar-refractivity contribution in [3.8, 4) is 6.07 Å². The average molecular weight is 523 g/mol. The normalized spacial score (nSPS) is 20.3. The number of benzene rings is 2. The Bertz CT molecular complexity index is 1230. The molecule has 0 aliphatic carbocycles. The third-order valence-corrected chi connectivity index (χ3v) is 7.15. The van der Waals surface area contributed by atoms with E-state index >= 15 is 4.39 Å². The summed E-state index contributed by atoms with van der Waals surface area (Å²) in [5.41, 5.74) is 2.33. The molecule has 2 aromatic carbocycles. The number of carbonyl (C=O) groups is 2. The van der Waals surface area contributed by atoms with Crippen molar-refractivity contribution in [3.63, 3.8) is 0 Å². The van der Waals surface area contributed by atoms with Crippen molar-refractivity contribution in [2.75, 3.05) is 71.0 Å². The van der Waals surface area contributed by atoms with Crippen LogP contribution in [-0.2, 0) is 0 Å². The largest absolute Gasteiger partial charge is 0.386 e. The number of ketones is 2. The van der Waals surface area contributed by atoms with Gasteiger partial charge in [0, 0.05) is 70.1 Å². The third kappa shape index (κ3) is 5.27. The van der Waals surface area contributed by atoms with Crippen LogP contribution in [0.3, 0.4) is 0 Å². The summed E-state index contributed by atoms with van der Waals surface area (Å²) in [6.07, 6.45) is 0. The van der Waals surface area contributed by atoms with Gasteiger partial charge in [-0.1, -0.05) is 6.07 Å². The van der Waals surface area contributed by atoms with Gasteiger partial charge in [0.25, 0.3) is 0 Å². The molecule has 38 heavy (non-hydrogen) atoms. The molecule has 202 valence electrons. The van der Waals surface area contributed by atoms with Crippen molar-refractivity contribution in [1.29, 1.82) is 5.26 Å². The fourth-order valence-corrected chi connectivity index (χ4v) is 5.32. The fraction of sp³-hybridized carbons (Fsp3) is 0.444. The smallest absolute Gasteiger partial charge is 0.183 e. The highest BCUT2D eigenvalue weighted by molar-refractivity contribution is 6.14. The van der Waals surface area contributed by atoms with E-state index in [0.29, 0.717) is 54.2 Å². The molecule has 0 radical (unpaired) electrons. The monoisotopic (exact) mass is 522 g/mol. The molecule has 3 unspecified atom stereocenters. The minimum atomic E-state index is -0.872. The van der Waals surface area contributed by atoms with Crippen molar-refractivity contribution in [1.82, 2.24) is 26.6 Å². The Kier molecular flexibility index (Phi) is 9.04. The number of nitriles is 1. The van der Waals surface area contributed by atoms with Gasteiger partial charge < -0.3 is 37.2 Å². The highest BCUT2D eigenvalue weighted by Crippen LogP contribution is 2.40. The lowest BCUT2D eigenvalue weighted by Crippen LogP contribution is -2.53. The third-order valence-electron chi connectivity index (χ3n) is 7.15. The summed E-state index contributed by atoms with van der Waals surface area (Å²) in [6, 6.07) is 6.21. The lowest BCUT2D eigenvalue weighted by molar-refractivity contribution is 0.0923. The number of halogens is 1. The summed E-state index contributed by atoms with van der Waals surface area (Å²) >= 11 is 0. The Morgan fingerprint density at radius 3 is 2.13 bits per heavy atom. The molecular formula is C27H35FN8O2. The van der Waals surface area contributed by atoms with Crippen molar-refractivity contribution >= 4 is 22.9 Å². The van der Waals surface area contributed by atoms with E-state index in [1.807, 2.05) is 0 Å². The predicted molar refractivity (Wildman–Crippen MR) is 146 cm³/mol. The van der Waals surface area contributed by atoms with Gasteiger partial charge in [-0.2, -0.15) is 5.26 Å². The Morgan fingerprint density at radius 1 is 0.974 bits per heavy atom. The van der Waals surface area contributed by atoms with Gasteiger partial charge in [0.05, 0.1) is 41.1 Å². The van der Waals surface area contributed by atoms with Gasteiger partial charge in [-0.05, 0) is 30.8 Å². The molecule has 3 atom stereocenters. The summed E-state index contributed by atoms with van der Waals surface area (Å²) < 4.78 is 15.3. The zero-order chi connectivity index (χ0) is 27.2. The van der Waals surface area contributed by atoms with E-state index in [9.17, 15) is 14.9 Å². The summed E-state index contributed by atoms with van der Waals surface area (Å²) in [7, 11) is 5.04. The second-order valence-corrected chi connectivity index (χ2v) is 9.32. The second kappa shape index (κ2) is 12.4. The number of rotatable bonds is 9. The summed E-state index contributed by atoms with van der Waals surface area (Å²) in [5.74, 6) is -0.923. The number of Topliss-reactive ketones (excluding diaryl/α,β-unsaturated/α-hetero) is 2. The van der Waals surface area contributed by atoms with Gasteiger partial charge in [-0.15, -0.1) is 0 Å². The number of hydrogen-bond acceptors (Lipinski definition) is 10. The molecule has 0 spiro atoms. The van der Waals surface area contributed by atoms with E-state index in [1.165, 1.54) is 12.1 Å². The van der Waals surface area contributed by atoms with Crippen LogP contribution in [0.25, 0.3) is 0 Å². The number of piperazine rings is 2. The Balaban J connectivity index is 1.99. The van der Waals surface area contributed by atoms with Crippen LogP contribution in [0.1, 0.15) is 43.4 Å². The number of nitrogens with zero attached hydrogens (tertiary/aromatic N) is 1. The van der Waals surface area contributed by atoms with Crippen molar-refractivity contribution < 1.29 is 14.0 Å². The summed E-state index contributed by atoms with van der Waals surface area (Å²) in [4.78, 5) is 27.9. The van der Waals surface area contributed by atoms with Crippen molar-refractivity contribution in [2.24, 2.45) is 0 Å². The van der Waals surface area contributed by atoms with Gasteiger partial charge in [0.2, 0.25) is 0 Å². The van der Waals surface area contributed by atoms with Crippen LogP contribution in [-0.4, -0.2) is 84.1 Å². The number of anilines is 2. The van der Waals surface area contributed by atoms with Crippen LogP contribution in [0, 0.1) is 17.1 Å². The fourth-order valence-electron chi connectivity index (χ4n) is 5.32. The van der Waals surface area contributed by atoms with Gasteiger partial charge in [-0.3, -0.25) is 9.59 Å². The van der Waals surface area contributed by atoms with Gasteiger partial charge >= 0.3 is 0 Å². The van der Waals surface area contributed by atoms with E-state index < -0.39 is 23.9 Å². The van der Waals surface area contributed by atoms with E-state index in [-0.39, 0.29) is 22.7 Å². The van der Waals surface area contributed by atoms with Crippen LogP contribution < -0.4 is 37.2 Å². The predicted octanol–water partition coefficient (Wildman–Crippen LogP) is 0.578. The van der Waals surface area contributed by atoms with Gasteiger partial charge in [0.15, 0.2) is 11.6 Å². The van der Waals surface area contributed by atoms with Crippen molar-refractivity contribution in [3.05, 3.63) is 57.9 Å². The first-order valence-electron chi connectivity index (χ1n) is 12.9. The lowest BCUT2D eigenvalue weighted by Gasteiger charge is -2.31. The van der Waals surface area contributed by atoms with E-state index in [0.717, 1.165) is 13.1 Å². The Hall–Kier alpha value is -3.40. The molecule has 0 aromatic heterocycles. The van der Waals surface area contributed by atoms with Crippen molar-refractivity contribution in [2.45, 2.75) is 18.1 Å². The first-order chi connectivity index (χ1) is 18.5. The van der Waals surface area contributed by atoms with E-state index in [2.05, 4.69) is 43.3 Å². The average Bonchev–Trinajstić information content (AvgIpc) is 2.97. The molecule has 2 aliphatic heterocycles. The summed E-state index contributed by atoms with van der Waals surface area (Å²) in [6.45, 7) is 3.67. The quantitative estimate of drug-likeness (QED) is 0.234. The van der Waals surface area contributed by atoms with Crippen LogP contribution in [0.4, 0.5) is 15.8 Å². The number of carbonyl (C=O) groups excluding carboxylic acids is 2. The lowest BCUT2D eigenvalue weighted by atomic mass is 9.84. The number of nitrogens with one attached hydrogen (secondary N) is 7. The minimum Gasteiger partial charge on any atom is -0.386 e. The summed E-state index contributed by atoms with van der Waals surface area (Å²) in [5, 5.41) is 32.2. The number of hydrogen-bond donors (Lipinski definition) is 7. The van der Waals surface area contributed by atoms with Crippen LogP contribution in [0.5, 0.6) is 0 Å². The zero-order valence-corrected chi connectivity index (χ0v) is 21.9. The molecule has 7 N–H and O–H groups in total. The Morgan fingerprint density at radius 2 is 1.61 bits per heavy atom. The van der Waals surface area contributed by atoms with Crippen LogP contribution in [0.15, 0.2) is 24.3 Å². The van der Waals surface area contributed by atoms with Gasteiger partial charge in [0.1, 0.15) is 5.82 Å². The molecule has 0 bridgehead atoms. The van der Waals surface area contributed by atoms with Gasteiger partial charge in [-0.25, -0.2) is 4.39 Å².